The molecule has 0 N–H and O–H groups in total. The Balaban J connectivity index is 2.31. The smallest absolute Gasteiger partial charge is 0.213 e. The van der Waals surface area contributed by atoms with E-state index < -0.39 is 0 Å². The summed E-state index contributed by atoms with van der Waals surface area (Å²) in [5, 5.41) is 0.448. The molecular weight excluding hydrogens is 274 g/mol. The number of rotatable bonds is 4. The number of carbonyl (C=O) groups excluding carboxylic acids is 2. The number of aryl methyl sites for hydroxylation is 1. The van der Waals surface area contributed by atoms with Gasteiger partial charge < -0.3 is 4.90 Å². The minimum absolute atomic E-state index is 0.129. The summed E-state index contributed by atoms with van der Waals surface area (Å²) in [5.41, 5.74) is 2.76. The molecular formula is C16H14ClNO2. The summed E-state index contributed by atoms with van der Waals surface area (Å²) in [6.45, 7) is 1.92. The van der Waals surface area contributed by atoms with E-state index in [0.29, 0.717) is 22.6 Å². The molecule has 0 bridgehead atoms. The lowest BCUT2D eigenvalue weighted by Gasteiger charge is -2.11. The van der Waals surface area contributed by atoms with Gasteiger partial charge in [-0.05, 0) is 48.9 Å². The molecule has 0 spiro atoms. The van der Waals surface area contributed by atoms with Crippen LogP contribution in [-0.2, 0) is 4.79 Å². The Labute approximate surface area is 122 Å². The van der Waals surface area contributed by atoms with E-state index in [1.807, 2.05) is 13.0 Å². The molecule has 2 aromatic carbocycles. The van der Waals surface area contributed by atoms with Crippen LogP contribution in [0.1, 0.15) is 21.5 Å². The second-order valence-corrected chi connectivity index (χ2v) is 4.98. The van der Waals surface area contributed by atoms with Gasteiger partial charge in [-0.15, -0.1) is 0 Å². The average Bonchev–Trinajstić information content (AvgIpc) is 2.46. The first kappa shape index (κ1) is 14.3. The highest BCUT2D eigenvalue weighted by Gasteiger charge is 2.13. The molecule has 0 heterocycles. The van der Waals surface area contributed by atoms with E-state index in [0.717, 1.165) is 11.3 Å². The van der Waals surface area contributed by atoms with Gasteiger partial charge in [-0.25, -0.2) is 0 Å². The molecule has 0 atom stereocenters. The monoisotopic (exact) mass is 287 g/mol. The van der Waals surface area contributed by atoms with Gasteiger partial charge in [-0.1, -0.05) is 17.7 Å². The molecule has 0 aromatic heterocycles. The summed E-state index contributed by atoms with van der Waals surface area (Å²) in [4.78, 5) is 24.5. The van der Waals surface area contributed by atoms with Gasteiger partial charge in [0.1, 0.15) is 0 Å². The van der Waals surface area contributed by atoms with E-state index >= 15 is 0 Å². The second-order valence-electron chi connectivity index (χ2n) is 4.58. The predicted molar refractivity (Wildman–Crippen MR) is 80.5 cm³/mol. The van der Waals surface area contributed by atoms with Crippen LogP contribution in [-0.4, -0.2) is 19.2 Å². The molecule has 1 amide bonds. The van der Waals surface area contributed by atoms with Gasteiger partial charge in [0.05, 0.1) is 5.02 Å². The van der Waals surface area contributed by atoms with Crippen molar-refractivity contribution in [2.75, 3.05) is 11.9 Å². The molecule has 0 saturated heterocycles. The highest BCUT2D eigenvalue weighted by molar-refractivity contribution is 6.35. The number of anilines is 1. The van der Waals surface area contributed by atoms with Crippen LogP contribution in [0.2, 0.25) is 5.02 Å². The minimum atomic E-state index is -0.129. The van der Waals surface area contributed by atoms with Gasteiger partial charge in [0.25, 0.3) is 0 Å². The molecule has 0 fully saturated rings. The van der Waals surface area contributed by atoms with Gasteiger partial charge in [-0.3, -0.25) is 9.59 Å². The van der Waals surface area contributed by atoms with Crippen LogP contribution in [0, 0.1) is 6.92 Å². The number of nitrogens with zero attached hydrogens (tertiary/aromatic N) is 1. The lowest BCUT2D eigenvalue weighted by atomic mass is 10.0. The quantitative estimate of drug-likeness (QED) is 0.638. The van der Waals surface area contributed by atoms with Crippen molar-refractivity contribution in [2.24, 2.45) is 0 Å². The van der Waals surface area contributed by atoms with Crippen molar-refractivity contribution >= 4 is 29.5 Å². The first-order chi connectivity index (χ1) is 9.52. The molecule has 2 rings (SSSR count). The SMILES string of the molecule is Cc1ccc(C(=O)c2ccc(N(C)C=O)cc2)c(Cl)c1. The Bertz CT molecular complexity index is 650. The van der Waals surface area contributed by atoms with Gasteiger partial charge >= 0.3 is 0 Å². The van der Waals surface area contributed by atoms with Gasteiger partial charge in [0.15, 0.2) is 5.78 Å². The summed E-state index contributed by atoms with van der Waals surface area (Å²) in [6.07, 6.45) is 0.716. The summed E-state index contributed by atoms with van der Waals surface area (Å²) in [5.74, 6) is -0.129. The number of amides is 1. The Kier molecular flexibility index (Phi) is 4.20. The Morgan fingerprint density at radius 1 is 1.15 bits per heavy atom. The van der Waals surface area contributed by atoms with Crippen molar-refractivity contribution in [3.63, 3.8) is 0 Å². The fraction of sp³-hybridized carbons (Fsp3) is 0.125. The molecule has 0 aliphatic rings. The molecule has 0 aliphatic heterocycles. The van der Waals surface area contributed by atoms with Crippen LogP contribution in [0.25, 0.3) is 0 Å². The molecule has 3 nitrogen and oxygen atoms in total. The number of ketones is 1. The lowest BCUT2D eigenvalue weighted by Crippen LogP contribution is -2.13. The molecule has 0 radical (unpaired) electrons. The normalized spacial score (nSPS) is 10.2. The Morgan fingerprint density at radius 2 is 1.80 bits per heavy atom. The van der Waals surface area contributed by atoms with Crippen LogP contribution in [0.5, 0.6) is 0 Å². The zero-order valence-electron chi connectivity index (χ0n) is 11.3. The molecule has 0 saturated carbocycles. The molecule has 20 heavy (non-hydrogen) atoms. The third kappa shape index (κ3) is 2.89. The van der Waals surface area contributed by atoms with Gasteiger partial charge in [0.2, 0.25) is 6.41 Å². The fourth-order valence-electron chi connectivity index (χ4n) is 1.87. The summed E-state index contributed by atoms with van der Waals surface area (Å²) < 4.78 is 0. The number of benzene rings is 2. The van der Waals surface area contributed by atoms with E-state index in [9.17, 15) is 9.59 Å². The van der Waals surface area contributed by atoms with Gasteiger partial charge in [0, 0.05) is 23.9 Å². The van der Waals surface area contributed by atoms with Gasteiger partial charge in [-0.2, -0.15) is 0 Å². The summed E-state index contributed by atoms with van der Waals surface area (Å²) in [7, 11) is 1.65. The second kappa shape index (κ2) is 5.88. The first-order valence-electron chi connectivity index (χ1n) is 6.12. The van der Waals surface area contributed by atoms with Crippen molar-refractivity contribution in [1.82, 2.24) is 0 Å². The molecule has 102 valence electrons. The third-order valence-electron chi connectivity index (χ3n) is 3.06. The van der Waals surface area contributed by atoms with Crippen LogP contribution < -0.4 is 4.90 Å². The van der Waals surface area contributed by atoms with E-state index in [4.69, 9.17) is 11.6 Å². The third-order valence-corrected chi connectivity index (χ3v) is 3.38. The van der Waals surface area contributed by atoms with Crippen molar-refractivity contribution in [1.29, 1.82) is 0 Å². The number of halogens is 1. The number of hydrogen-bond acceptors (Lipinski definition) is 2. The topological polar surface area (TPSA) is 37.4 Å². The Hall–Kier alpha value is -2.13. The largest absolute Gasteiger partial charge is 0.318 e. The summed E-state index contributed by atoms with van der Waals surface area (Å²) in [6, 6.07) is 12.2. The van der Waals surface area contributed by atoms with Crippen molar-refractivity contribution in [2.45, 2.75) is 6.92 Å². The Morgan fingerprint density at radius 3 is 2.35 bits per heavy atom. The first-order valence-corrected chi connectivity index (χ1v) is 6.50. The molecule has 0 unspecified atom stereocenters. The van der Waals surface area contributed by atoms with Crippen LogP contribution in [0.3, 0.4) is 0 Å². The van der Waals surface area contributed by atoms with Crippen LogP contribution in [0.4, 0.5) is 5.69 Å². The van der Waals surface area contributed by atoms with Crippen LogP contribution >= 0.6 is 11.6 Å². The highest BCUT2D eigenvalue weighted by Crippen LogP contribution is 2.22. The average molecular weight is 288 g/mol. The van der Waals surface area contributed by atoms with Crippen molar-refractivity contribution in [3.8, 4) is 0 Å². The lowest BCUT2D eigenvalue weighted by molar-refractivity contribution is -0.107. The van der Waals surface area contributed by atoms with Crippen molar-refractivity contribution < 1.29 is 9.59 Å². The highest BCUT2D eigenvalue weighted by atomic mass is 35.5. The molecule has 4 heteroatoms. The maximum Gasteiger partial charge on any atom is 0.213 e. The molecule has 0 aliphatic carbocycles. The molecule has 2 aromatic rings. The van der Waals surface area contributed by atoms with E-state index in [2.05, 4.69) is 0 Å². The minimum Gasteiger partial charge on any atom is -0.318 e. The maximum absolute atomic E-state index is 12.4. The van der Waals surface area contributed by atoms with E-state index in [1.165, 1.54) is 4.90 Å². The predicted octanol–water partition coefficient (Wildman–Crippen LogP) is 3.47. The zero-order chi connectivity index (χ0) is 14.7. The number of hydrogen-bond donors (Lipinski definition) is 0. The van der Waals surface area contributed by atoms with Crippen LogP contribution in [0.15, 0.2) is 42.5 Å². The van der Waals surface area contributed by atoms with E-state index in [1.54, 1.807) is 43.4 Å². The number of carbonyl (C=O) groups is 2. The fourth-order valence-corrected chi connectivity index (χ4v) is 2.19. The standard InChI is InChI=1S/C16H14ClNO2/c1-11-3-8-14(15(17)9-11)16(20)12-4-6-13(7-5-12)18(2)10-19/h3-10H,1-2H3. The maximum atomic E-state index is 12.4. The summed E-state index contributed by atoms with van der Waals surface area (Å²) >= 11 is 6.10. The zero-order valence-corrected chi connectivity index (χ0v) is 12.0. The van der Waals surface area contributed by atoms with Crippen molar-refractivity contribution in [3.05, 3.63) is 64.2 Å². The van der Waals surface area contributed by atoms with E-state index in [-0.39, 0.29) is 5.78 Å².